The summed E-state index contributed by atoms with van der Waals surface area (Å²) in [4.78, 5) is 16.7. The van der Waals surface area contributed by atoms with E-state index in [1.54, 1.807) is 22.5 Å². The van der Waals surface area contributed by atoms with Crippen LogP contribution in [0.25, 0.3) is 5.69 Å². The third kappa shape index (κ3) is 3.38. The van der Waals surface area contributed by atoms with Crippen LogP contribution in [0.5, 0.6) is 0 Å². The van der Waals surface area contributed by atoms with E-state index in [1.165, 1.54) is 0 Å². The zero-order valence-electron chi connectivity index (χ0n) is 12.4. The number of hydrogen-bond acceptors (Lipinski definition) is 3. The predicted molar refractivity (Wildman–Crippen MR) is 97.1 cm³/mol. The molecule has 1 aromatic heterocycles. The Morgan fingerprint density at radius 3 is 2.48 bits per heavy atom. The van der Waals surface area contributed by atoms with Crippen LogP contribution in [-0.4, -0.2) is 21.7 Å². The number of aromatic amines is 1. The molecule has 4 nitrogen and oxygen atoms in total. The highest BCUT2D eigenvalue weighted by Gasteiger charge is 2.14. The zero-order chi connectivity index (χ0) is 16.2. The molecule has 1 amide bonds. The number of H-pyrrole nitrogens is 1. The Bertz CT molecular complexity index is 867. The topological polar surface area (TPSA) is 49.8 Å². The van der Waals surface area contributed by atoms with Crippen molar-refractivity contribution in [2.45, 2.75) is 4.90 Å². The minimum absolute atomic E-state index is 0.210. The first kappa shape index (κ1) is 15.6. The van der Waals surface area contributed by atoms with Crippen LogP contribution in [0, 0.1) is 4.77 Å². The Morgan fingerprint density at radius 1 is 1.13 bits per heavy atom. The van der Waals surface area contributed by atoms with Gasteiger partial charge in [0.15, 0.2) is 4.77 Å². The molecule has 2 aromatic carbocycles. The van der Waals surface area contributed by atoms with Crippen molar-refractivity contribution in [2.24, 2.45) is 0 Å². The summed E-state index contributed by atoms with van der Waals surface area (Å²) in [5.74, 6) is -0.210. The highest BCUT2D eigenvalue weighted by molar-refractivity contribution is 7.98. The number of nitrogens with one attached hydrogen (secondary N) is 2. The molecule has 0 saturated carbocycles. The molecule has 0 bridgehead atoms. The molecule has 0 aliphatic heterocycles. The second-order valence-electron chi connectivity index (χ2n) is 4.83. The normalized spacial score (nSPS) is 10.5. The molecule has 116 valence electrons. The third-order valence-electron chi connectivity index (χ3n) is 3.37. The Hall–Kier alpha value is -2.31. The highest BCUT2D eigenvalue weighted by atomic mass is 32.2. The molecule has 1 heterocycles. The van der Waals surface area contributed by atoms with Crippen LogP contribution < -0.4 is 5.32 Å². The van der Waals surface area contributed by atoms with Gasteiger partial charge in [0.05, 0.1) is 0 Å². The maximum absolute atomic E-state index is 12.6. The van der Waals surface area contributed by atoms with E-state index in [0.717, 1.165) is 16.3 Å². The quantitative estimate of drug-likeness (QED) is 0.542. The lowest BCUT2D eigenvalue weighted by Gasteiger charge is -2.09. The summed E-state index contributed by atoms with van der Waals surface area (Å²) < 4.78 is 2.21. The van der Waals surface area contributed by atoms with Crippen molar-refractivity contribution in [2.75, 3.05) is 11.6 Å². The standard InChI is InChI=1S/C17H15N3OS2/c1-23-14-9-7-12(8-10-14)19-16(21)15-11-18-17(22)20(15)13-5-3-2-4-6-13/h2-11H,1H3,(H,18,22)(H,19,21). The van der Waals surface area contributed by atoms with Gasteiger partial charge in [0.25, 0.3) is 5.91 Å². The summed E-state index contributed by atoms with van der Waals surface area (Å²) in [6, 6.07) is 17.3. The summed E-state index contributed by atoms with van der Waals surface area (Å²) in [5, 5.41) is 2.90. The van der Waals surface area contributed by atoms with Crippen molar-refractivity contribution in [3.8, 4) is 5.69 Å². The molecule has 0 spiro atoms. The molecule has 0 aliphatic rings. The molecule has 3 rings (SSSR count). The molecule has 6 heteroatoms. The van der Waals surface area contributed by atoms with E-state index in [1.807, 2.05) is 60.9 Å². The number of benzene rings is 2. The van der Waals surface area contributed by atoms with Gasteiger partial charge in [0.2, 0.25) is 0 Å². The van der Waals surface area contributed by atoms with Gasteiger partial charge >= 0.3 is 0 Å². The van der Waals surface area contributed by atoms with Gasteiger partial charge < -0.3 is 10.3 Å². The fourth-order valence-corrected chi connectivity index (χ4v) is 2.91. The van der Waals surface area contributed by atoms with E-state index in [4.69, 9.17) is 12.2 Å². The average Bonchev–Trinajstić information content (AvgIpc) is 2.98. The first-order valence-corrected chi connectivity index (χ1v) is 8.63. The molecule has 23 heavy (non-hydrogen) atoms. The van der Waals surface area contributed by atoms with Crippen LogP contribution in [0.3, 0.4) is 0 Å². The molecular weight excluding hydrogens is 326 g/mol. The smallest absolute Gasteiger partial charge is 0.274 e. The third-order valence-corrected chi connectivity index (χ3v) is 4.42. The molecule has 0 saturated heterocycles. The van der Waals surface area contributed by atoms with E-state index in [0.29, 0.717) is 10.5 Å². The number of nitrogens with zero attached hydrogens (tertiary/aromatic N) is 1. The lowest BCUT2D eigenvalue weighted by atomic mass is 10.3. The maximum Gasteiger partial charge on any atom is 0.274 e. The summed E-state index contributed by atoms with van der Waals surface area (Å²) in [5.41, 5.74) is 2.07. The van der Waals surface area contributed by atoms with Crippen LogP contribution in [0.15, 0.2) is 65.7 Å². The van der Waals surface area contributed by atoms with Gasteiger partial charge in [0.1, 0.15) is 5.69 Å². The Balaban J connectivity index is 1.90. The Labute approximate surface area is 143 Å². The molecule has 0 unspecified atom stereocenters. The van der Waals surface area contributed by atoms with Crippen LogP contribution in [-0.2, 0) is 0 Å². The summed E-state index contributed by atoms with van der Waals surface area (Å²) in [6.07, 6.45) is 3.64. The number of hydrogen-bond donors (Lipinski definition) is 2. The first-order valence-electron chi connectivity index (χ1n) is 7.00. The number of carbonyl (C=O) groups is 1. The van der Waals surface area contributed by atoms with Gasteiger partial charge in [-0.25, -0.2) is 0 Å². The zero-order valence-corrected chi connectivity index (χ0v) is 14.1. The summed E-state index contributed by atoms with van der Waals surface area (Å²) in [7, 11) is 0. The molecule has 0 aliphatic carbocycles. The van der Waals surface area contributed by atoms with E-state index >= 15 is 0 Å². The fourth-order valence-electron chi connectivity index (χ4n) is 2.24. The second kappa shape index (κ2) is 6.85. The van der Waals surface area contributed by atoms with Crippen LogP contribution in [0.2, 0.25) is 0 Å². The first-order chi connectivity index (χ1) is 11.2. The number of imidazole rings is 1. The monoisotopic (exact) mass is 341 g/mol. The number of para-hydroxylation sites is 1. The van der Waals surface area contributed by atoms with E-state index in [9.17, 15) is 4.79 Å². The molecule has 0 atom stereocenters. The lowest BCUT2D eigenvalue weighted by molar-refractivity contribution is 0.102. The maximum atomic E-state index is 12.6. The Morgan fingerprint density at radius 2 is 1.83 bits per heavy atom. The number of carbonyl (C=O) groups excluding carboxylic acids is 1. The van der Waals surface area contributed by atoms with Gasteiger partial charge in [-0.2, -0.15) is 0 Å². The summed E-state index contributed by atoms with van der Waals surface area (Å²) >= 11 is 6.96. The van der Waals surface area contributed by atoms with Crippen molar-refractivity contribution >= 4 is 35.6 Å². The van der Waals surface area contributed by atoms with E-state index in [2.05, 4.69) is 10.3 Å². The minimum Gasteiger partial charge on any atom is -0.336 e. The number of anilines is 1. The predicted octanol–water partition coefficient (Wildman–Crippen LogP) is 4.51. The van der Waals surface area contributed by atoms with Gasteiger partial charge in [-0.15, -0.1) is 11.8 Å². The van der Waals surface area contributed by atoms with E-state index < -0.39 is 0 Å². The molecule has 0 radical (unpaired) electrons. The van der Waals surface area contributed by atoms with Crippen molar-refractivity contribution < 1.29 is 4.79 Å². The molecule has 0 fully saturated rings. The molecule has 2 N–H and O–H groups in total. The van der Waals surface area contributed by atoms with Crippen molar-refractivity contribution in [3.63, 3.8) is 0 Å². The SMILES string of the molecule is CSc1ccc(NC(=O)c2c[nH]c(=S)n2-c2ccccc2)cc1. The number of thioether (sulfide) groups is 1. The number of aromatic nitrogens is 2. The van der Waals surface area contributed by atoms with Crippen LogP contribution >= 0.6 is 24.0 Å². The van der Waals surface area contributed by atoms with Crippen molar-refractivity contribution in [1.29, 1.82) is 0 Å². The molecule has 3 aromatic rings. The lowest BCUT2D eigenvalue weighted by Crippen LogP contribution is -2.16. The average molecular weight is 341 g/mol. The Kier molecular flexibility index (Phi) is 4.64. The number of amides is 1. The van der Waals surface area contributed by atoms with E-state index in [-0.39, 0.29) is 5.91 Å². The summed E-state index contributed by atoms with van der Waals surface area (Å²) in [6.45, 7) is 0. The van der Waals surface area contributed by atoms with Gasteiger partial charge in [-0.3, -0.25) is 9.36 Å². The van der Waals surface area contributed by atoms with Gasteiger partial charge in [-0.1, -0.05) is 18.2 Å². The molecular formula is C17H15N3OS2. The van der Waals surface area contributed by atoms with Crippen LogP contribution in [0.4, 0.5) is 5.69 Å². The number of rotatable bonds is 4. The minimum atomic E-state index is -0.210. The largest absolute Gasteiger partial charge is 0.336 e. The van der Waals surface area contributed by atoms with Crippen LogP contribution in [0.1, 0.15) is 10.5 Å². The second-order valence-corrected chi connectivity index (χ2v) is 6.10. The van der Waals surface area contributed by atoms with Crippen molar-refractivity contribution in [3.05, 3.63) is 71.3 Å². The fraction of sp³-hybridized carbons (Fsp3) is 0.0588. The van der Waals surface area contributed by atoms with Gasteiger partial charge in [0, 0.05) is 22.5 Å². The van der Waals surface area contributed by atoms with Gasteiger partial charge in [-0.05, 0) is 54.9 Å². The van der Waals surface area contributed by atoms with Crippen molar-refractivity contribution in [1.82, 2.24) is 9.55 Å². The highest BCUT2D eigenvalue weighted by Crippen LogP contribution is 2.19.